The van der Waals surface area contributed by atoms with E-state index in [1.165, 1.54) is 0 Å². The van der Waals surface area contributed by atoms with Crippen LogP contribution in [0.25, 0.3) is 10.9 Å². The Labute approximate surface area is 114 Å². The van der Waals surface area contributed by atoms with Gasteiger partial charge in [-0.05, 0) is 33.4 Å². The third-order valence-corrected chi connectivity index (χ3v) is 3.56. The van der Waals surface area contributed by atoms with E-state index in [0.29, 0.717) is 0 Å². The van der Waals surface area contributed by atoms with Gasteiger partial charge in [-0.2, -0.15) is 0 Å². The van der Waals surface area contributed by atoms with Crippen LogP contribution >= 0.6 is 0 Å². The second-order valence-electron chi connectivity index (χ2n) is 5.33. The average molecular weight is 258 g/mol. The number of Topliss-reactive ketones (excluding diaryl/α,β-unsaturated/α-hetero) is 1. The average Bonchev–Trinajstić information content (AvgIpc) is 2.76. The number of ketones is 1. The third-order valence-electron chi connectivity index (χ3n) is 3.56. The predicted octanol–water partition coefficient (Wildman–Crippen LogP) is 3.23. The van der Waals surface area contributed by atoms with Crippen LogP contribution in [-0.4, -0.2) is 22.4 Å². The highest BCUT2D eigenvalue weighted by Gasteiger charge is 2.29. The lowest BCUT2D eigenvalue weighted by atomic mass is 9.93. The number of rotatable bonds is 5. The van der Waals surface area contributed by atoms with Crippen molar-refractivity contribution in [2.45, 2.75) is 39.8 Å². The molecule has 0 radical (unpaired) electrons. The van der Waals surface area contributed by atoms with Gasteiger partial charge in [0.05, 0.1) is 5.54 Å². The fraction of sp³-hybridized carbons (Fsp3) is 0.438. The zero-order chi connectivity index (χ0) is 14.0. The quantitative estimate of drug-likeness (QED) is 0.835. The van der Waals surface area contributed by atoms with Crippen molar-refractivity contribution in [3.63, 3.8) is 0 Å². The molecule has 19 heavy (non-hydrogen) atoms. The van der Waals surface area contributed by atoms with Crippen LogP contribution in [0.15, 0.2) is 30.5 Å². The molecule has 1 heterocycles. The van der Waals surface area contributed by atoms with Crippen LogP contribution in [0, 0.1) is 0 Å². The summed E-state index contributed by atoms with van der Waals surface area (Å²) in [5, 5.41) is 4.30. The van der Waals surface area contributed by atoms with Crippen LogP contribution in [0.3, 0.4) is 0 Å². The molecule has 2 aromatic rings. The number of aromatic nitrogens is 1. The van der Waals surface area contributed by atoms with E-state index >= 15 is 0 Å². The first-order valence-corrected chi connectivity index (χ1v) is 6.89. The van der Waals surface area contributed by atoms with Gasteiger partial charge >= 0.3 is 0 Å². The van der Waals surface area contributed by atoms with Crippen LogP contribution < -0.4 is 5.32 Å². The highest BCUT2D eigenvalue weighted by molar-refractivity contribution is 6.12. The minimum absolute atomic E-state index is 0.151. The summed E-state index contributed by atoms with van der Waals surface area (Å²) in [6, 6.07) is 8.09. The second kappa shape index (κ2) is 5.17. The highest BCUT2D eigenvalue weighted by Crippen LogP contribution is 2.25. The van der Waals surface area contributed by atoms with E-state index < -0.39 is 5.54 Å². The van der Waals surface area contributed by atoms with Gasteiger partial charge in [0.1, 0.15) is 0 Å². The van der Waals surface area contributed by atoms with Gasteiger partial charge < -0.3 is 9.88 Å². The van der Waals surface area contributed by atoms with Crippen LogP contribution in [-0.2, 0) is 6.54 Å². The van der Waals surface area contributed by atoms with Crippen LogP contribution in [0.1, 0.15) is 38.1 Å². The SMILES string of the molecule is CCNC(C)(C)C(=O)c1cn(CC)c2ccccc12. The Balaban J connectivity index is 2.54. The topological polar surface area (TPSA) is 34.0 Å². The summed E-state index contributed by atoms with van der Waals surface area (Å²) in [4.78, 5) is 12.7. The van der Waals surface area contributed by atoms with E-state index in [0.717, 1.165) is 29.6 Å². The number of aryl methyl sites for hydroxylation is 1. The van der Waals surface area contributed by atoms with E-state index in [-0.39, 0.29) is 5.78 Å². The lowest BCUT2D eigenvalue weighted by Gasteiger charge is -2.23. The summed E-state index contributed by atoms with van der Waals surface area (Å²) in [6.45, 7) is 9.65. The van der Waals surface area contributed by atoms with Crippen molar-refractivity contribution in [3.05, 3.63) is 36.0 Å². The summed E-state index contributed by atoms with van der Waals surface area (Å²) < 4.78 is 2.13. The number of benzene rings is 1. The molecular weight excluding hydrogens is 236 g/mol. The lowest BCUT2D eigenvalue weighted by molar-refractivity contribution is 0.0885. The molecule has 2 rings (SSSR count). The molecule has 1 aromatic carbocycles. The molecule has 0 bridgehead atoms. The van der Waals surface area contributed by atoms with Crippen LogP contribution in [0.2, 0.25) is 0 Å². The molecule has 0 saturated heterocycles. The van der Waals surface area contributed by atoms with Crippen molar-refractivity contribution >= 4 is 16.7 Å². The Bertz CT molecular complexity index is 596. The smallest absolute Gasteiger partial charge is 0.184 e. The fourth-order valence-electron chi connectivity index (χ4n) is 2.55. The number of nitrogens with zero attached hydrogens (tertiary/aromatic N) is 1. The Hall–Kier alpha value is -1.61. The van der Waals surface area contributed by atoms with Crippen LogP contribution in [0.4, 0.5) is 0 Å². The van der Waals surface area contributed by atoms with Crippen molar-refractivity contribution in [2.24, 2.45) is 0 Å². The molecule has 102 valence electrons. The Morgan fingerprint density at radius 1 is 1.26 bits per heavy atom. The monoisotopic (exact) mass is 258 g/mol. The van der Waals surface area contributed by atoms with Crippen molar-refractivity contribution in [1.82, 2.24) is 9.88 Å². The molecule has 0 spiro atoms. The molecule has 0 aliphatic rings. The fourth-order valence-corrected chi connectivity index (χ4v) is 2.55. The van der Waals surface area contributed by atoms with E-state index in [1.807, 2.05) is 45.2 Å². The molecular formula is C16H22N2O. The molecule has 0 amide bonds. The van der Waals surface area contributed by atoms with Gasteiger partial charge in [0, 0.05) is 29.2 Å². The molecule has 0 unspecified atom stereocenters. The summed E-state index contributed by atoms with van der Waals surface area (Å²) in [6.07, 6.45) is 1.98. The van der Waals surface area contributed by atoms with E-state index in [2.05, 4.69) is 22.9 Å². The minimum atomic E-state index is -0.530. The summed E-state index contributed by atoms with van der Waals surface area (Å²) in [5.41, 5.74) is 1.40. The first kappa shape index (κ1) is 13.8. The number of likely N-dealkylation sites (N-methyl/N-ethyl adjacent to an activating group) is 1. The molecule has 0 saturated carbocycles. The largest absolute Gasteiger partial charge is 0.347 e. The number of carbonyl (C=O) groups excluding carboxylic acids is 1. The van der Waals surface area contributed by atoms with Crippen molar-refractivity contribution in [2.75, 3.05) is 6.54 Å². The minimum Gasteiger partial charge on any atom is -0.347 e. The van der Waals surface area contributed by atoms with Gasteiger partial charge in [0.25, 0.3) is 0 Å². The van der Waals surface area contributed by atoms with E-state index in [1.54, 1.807) is 0 Å². The number of hydrogen-bond donors (Lipinski definition) is 1. The second-order valence-corrected chi connectivity index (χ2v) is 5.33. The zero-order valence-corrected chi connectivity index (χ0v) is 12.2. The Kier molecular flexibility index (Phi) is 3.76. The van der Waals surface area contributed by atoms with Gasteiger partial charge in [-0.25, -0.2) is 0 Å². The van der Waals surface area contributed by atoms with Gasteiger partial charge in [-0.3, -0.25) is 4.79 Å². The molecule has 1 aromatic heterocycles. The zero-order valence-electron chi connectivity index (χ0n) is 12.2. The Morgan fingerprint density at radius 2 is 1.95 bits per heavy atom. The number of fused-ring (bicyclic) bond motifs is 1. The van der Waals surface area contributed by atoms with Crippen LogP contribution in [0.5, 0.6) is 0 Å². The maximum atomic E-state index is 12.7. The van der Waals surface area contributed by atoms with E-state index in [9.17, 15) is 4.79 Å². The first-order valence-electron chi connectivity index (χ1n) is 6.89. The van der Waals surface area contributed by atoms with Crippen molar-refractivity contribution < 1.29 is 4.79 Å². The third kappa shape index (κ3) is 2.43. The highest BCUT2D eigenvalue weighted by atomic mass is 16.1. The van der Waals surface area contributed by atoms with E-state index in [4.69, 9.17) is 0 Å². The molecule has 1 N–H and O–H groups in total. The molecule has 0 aliphatic carbocycles. The standard InChI is InChI=1S/C16H22N2O/c1-5-17-16(3,4)15(19)13-11-18(6-2)14-10-8-7-9-12(13)14/h7-11,17H,5-6H2,1-4H3. The molecule has 0 atom stereocenters. The molecule has 3 heteroatoms. The number of para-hydroxylation sites is 1. The van der Waals surface area contributed by atoms with Gasteiger partial charge in [-0.1, -0.05) is 25.1 Å². The van der Waals surface area contributed by atoms with Gasteiger partial charge in [0.2, 0.25) is 0 Å². The lowest BCUT2D eigenvalue weighted by Crippen LogP contribution is -2.46. The van der Waals surface area contributed by atoms with Gasteiger partial charge in [0.15, 0.2) is 5.78 Å². The molecule has 0 fully saturated rings. The Morgan fingerprint density at radius 3 is 2.58 bits per heavy atom. The number of hydrogen-bond acceptors (Lipinski definition) is 2. The first-order chi connectivity index (χ1) is 9.01. The van der Waals surface area contributed by atoms with Crippen molar-refractivity contribution in [3.8, 4) is 0 Å². The normalized spacial score (nSPS) is 12.0. The summed E-state index contributed by atoms with van der Waals surface area (Å²) in [5.74, 6) is 0.151. The maximum absolute atomic E-state index is 12.7. The summed E-state index contributed by atoms with van der Waals surface area (Å²) in [7, 11) is 0. The number of carbonyl (C=O) groups is 1. The predicted molar refractivity (Wildman–Crippen MR) is 79.7 cm³/mol. The number of nitrogens with one attached hydrogen (secondary N) is 1. The molecule has 0 aliphatic heterocycles. The van der Waals surface area contributed by atoms with Crippen molar-refractivity contribution in [1.29, 1.82) is 0 Å². The van der Waals surface area contributed by atoms with Gasteiger partial charge in [-0.15, -0.1) is 0 Å². The summed E-state index contributed by atoms with van der Waals surface area (Å²) >= 11 is 0. The molecule has 3 nitrogen and oxygen atoms in total. The maximum Gasteiger partial charge on any atom is 0.184 e.